The first-order valence-corrected chi connectivity index (χ1v) is 12.3. The summed E-state index contributed by atoms with van der Waals surface area (Å²) in [6.45, 7) is 1.00. The maximum atomic E-state index is 12.3. The van der Waals surface area contributed by atoms with Crippen molar-refractivity contribution >= 4 is 27.1 Å². The Morgan fingerprint density at radius 3 is 2.69 bits per heavy atom. The van der Waals surface area contributed by atoms with E-state index in [0.717, 1.165) is 11.3 Å². The molecule has 2 aromatic heterocycles. The second-order valence-electron chi connectivity index (χ2n) is 7.20. The van der Waals surface area contributed by atoms with Crippen LogP contribution in [0.15, 0.2) is 58.1 Å². The van der Waals surface area contributed by atoms with E-state index in [1.165, 1.54) is 18.5 Å². The fourth-order valence-electron chi connectivity index (χ4n) is 3.23. The van der Waals surface area contributed by atoms with Gasteiger partial charge in [-0.15, -0.1) is 0 Å². The lowest BCUT2D eigenvalue weighted by atomic mass is 10.2. The van der Waals surface area contributed by atoms with E-state index in [-0.39, 0.29) is 23.0 Å². The van der Waals surface area contributed by atoms with Gasteiger partial charge < -0.3 is 5.32 Å². The number of aromatic nitrogens is 2. The smallest absolute Gasteiger partial charge is 0.221 e. The molecule has 4 rings (SSSR count). The van der Waals surface area contributed by atoms with Gasteiger partial charge in [-0.1, -0.05) is 18.2 Å². The minimum absolute atomic E-state index is 0.0496. The number of rotatable bonds is 9. The van der Waals surface area contributed by atoms with E-state index in [1.807, 2.05) is 10.1 Å². The first-order valence-electron chi connectivity index (χ1n) is 9.68. The number of carbonyl (C=O) groups is 1. The van der Waals surface area contributed by atoms with Gasteiger partial charge in [-0.2, -0.15) is 16.4 Å². The van der Waals surface area contributed by atoms with Crippen molar-refractivity contribution in [3.63, 3.8) is 0 Å². The molecule has 1 N–H and O–H groups in total. The number of benzene rings is 1. The average molecular weight is 430 g/mol. The fraction of sp³-hybridized carbons (Fsp3) is 0.333. The first kappa shape index (κ1) is 19.8. The molecule has 3 aromatic rings. The molecule has 1 amide bonds. The van der Waals surface area contributed by atoms with Crippen LogP contribution in [0.1, 0.15) is 30.9 Å². The van der Waals surface area contributed by atoms with E-state index in [4.69, 9.17) is 5.10 Å². The Bertz CT molecular complexity index is 1070. The number of nitrogens with zero attached hydrogens (tertiary/aromatic N) is 2. The van der Waals surface area contributed by atoms with Gasteiger partial charge in [0.2, 0.25) is 5.91 Å². The molecule has 1 saturated carbocycles. The zero-order valence-electron chi connectivity index (χ0n) is 16.0. The zero-order valence-corrected chi connectivity index (χ0v) is 17.6. The predicted molar refractivity (Wildman–Crippen MR) is 114 cm³/mol. The third kappa shape index (κ3) is 4.94. The number of thiophene rings is 1. The number of amides is 1. The van der Waals surface area contributed by atoms with Crippen molar-refractivity contribution < 1.29 is 13.2 Å². The van der Waals surface area contributed by atoms with Crippen LogP contribution in [0.3, 0.4) is 0 Å². The molecule has 2 heterocycles. The summed E-state index contributed by atoms with van der Waals surface area (Å²) in [7, 11) is -3.44. The Kier molecular flexibility index (Phi) is 5.82. The van der Waals surface area contributed by atoms with Gasteiger partial charge in [-0.25, -0.2) is 8.42 Å². The summed E-state index contributed by atoms with van der Waals surface area (Å²) < 4.78 is 26.5. The van der Waals surface area contributed by atoms with Crippen molar-refractivity contribution in [2.75, 3.05) is 12.3 Å². The third-order valence-electron chi connectivity index (χ3n) is 4.97. The van der Waals surface area contributed by atoms with Crippen LogP contribution >= 0.6 is 11.3 Å². The molecule has 0 atom stereocenters. The summed E-state index contributed by atoms with van der Waals surface area (Å²) in [6.07, 6.45) is 2.31. The van der Waals surface area contributed by atoms with Gasteiger partial charge >= 0.3 is 0 Å². The number of nitrogens with one attached hydrogen (secondary N) is 1. The largest absolute Gasteiger partial charge is 0.354 e. The maximum absolute atomic E-state index is 12.3. The second-order valence-corrected chi connectivity index (χ2v) is 10.1. The number of carbonyl (C=O) groups excluding carboxylic acids is 1. The Balaban J connectivity index is 1.30. The van der Waals surface area contributed by atoms with Gasteiger partial charge in [-0.05, 0) is 42.5 Å². The molecule has 0 unspecified atom stereocenters. The zero-order chi connectivity index (χ0) is 20.3. The number of hydrogen-bond donors (Lipinski definition) is 1. The highest BCUT2D eigenvalue weighted by Crippen LogP contribution is 2.41. The van der Waals surface area contributed by atoms with E-state index in [9.17, 15) is 13.2 Å². The van der Waals surface area contributed by atoms with Crippen LogP contribution in [0.25, 0.3) is 11.3 Å². The molecule has 0 saturated heterocycles. The van der Waals surface area contributed by atoms with Crippen LogP contribution in [0, 0.1) is 0 Å². The first-order chi connectivity index (χ1) is 14.0. The molecular formula is C21H23N3O3S2. The maximum Gasteiger partial charge on any atom is 0.221 e. The Hall–Kier alpha value is -2.45. The molecule has 0 aliphatic heterocycles. The minimum atomic E-state index is -3.44. The van der Waals surface area contributed by atoms with E-state index < -0.39 is 9.84 Å². The van der Waals surface area contributed by atoms with Crippen molar-refractivity contribution in [1.82, 2.24) is 15.1 Å². The SMILES string of the molecule is O=C(CCS(=O)(=O)c1ccccc1)NCCn1nc(-c2ccsc2)cc1C1CC1. The molecule has 0 radical (unpaired) electrons. The number of hydrogen-bond acceptors (Lipinski definition) is 5. The second kappa shape index (κ2) is 8.51. The van der Waals surface area contributed by atoms with Crippen LogP contribution < -0.4 is 5.32 Å². The molecule has 1 aliphatic carbocycles. The van der Waals surface area contributed by atoms with Crippen molar-refractivity contribution in [3.8, 4) is 11.3 Å². The topological polar surface area (TPSA) is 81.1 Å². The molecule has 0 bridgehead atoms. The molecule has 1 aromatic carbocycles. The van der Waals surface area contributed by atoms with Crippen molar-refractivity contribution in [2.45, 2.75) is 36.6 Å². The monoisotopic (exact) mass is 429 g/mol. The summed E-state index contributed by atoms with van der Waals surface area (Å²) in [5.74, 6) is 0.101. The summed E-state index contributed by atoms with van der Waals surface area (Å²) in [5, 5.41) is 11.7. The molecule has 1 fully saturated rings. The molecular weight excluding hydrogens is 406 g/mol. The van der Waals surface area contributed by atoms with E-state index in [1.54, 1.807) is 41.7 Å². The summed E-state index contributed by atoms with van der Waals surface area (Å²) in [6, 6.07) is 12.4. The van der Waals surface area contributed by atoms with E-state index >= 15 is 0 Å². The van der Waals surface area contributed by atoms with Crippen LogP contribution in [0.4, 0.5) is 0 Å². The quantitative estimate of drug-likeness (QED) is 0.565. The van der Waals surface area contributed by atoms with Crippen molar-refractivity contribution in [1.29, 1.82) is 0 Å². The molecule has 6 nitrogen and oxygen atoms in total. The normalized spacial score (nSPS) is 14.1. The summed E-state index contributed by atoms with van der Waals surface area (Å²) in [5.41, 5.74) is 3.30. The van der Waals surface area contributed by atoms with Gasteiger partial charge in [-0.3, -0.25) is 9.48 Å². The lowest BCUT2D eigenvalue weighted by molar-refractivity contribution is -0.120. The standard InChI is InChI=1S/C21H23N3O3S2/c25-21(9-13-29(26,27)18-4-2-1-3-5-18)22-10-11-24-20(16-6-7-16)14-19(23-24)17-8-12-28-15-17/h1-5,8,12,14-16H,6-7,9-11,13H2,(H,22,25). The highest BCUT2D eigenvalue weighted by atomic mass is 32.2. The third-order valence-corrected chi connectivity index (χ3v) is 7.38. The van der Waals surface area contributed by atoms with Gasteiger partial charge in [0, 0.05) is 35.5 Å². The van der Waals surface area contributed by atoms with Gasteiger partial charge in [0.05, 0.1) is 22.9 Å². The molecule has 8 heteroatoms. The molecule has 1 aliphatic rings. The Morgan fingerprint density at radius 2 is 2.00 bits per heavy atom. The van der Waals surface area contributed by atoms with E-state index in [2.05, 4.69) is 22.8 Å². The highest BCUT2D eigenvalue weighted by Gasteiger charge is 2.28. The van der Waals surface area contributed by atoms with Gasteiger partial charge in [0.15, 0.2) is 9.84 Å². The van der Waals surface area contributed by atoms with Crippen LogP contribution in [0.2, 0.25) is 0 Å². The lowest BCUT2D eigenvalue weighted by Crippen LogP contribution is -2.29. The van der Waals surface area contributed by atoms with Crippen molar-refractivity contribution in [3.05, 3.63) is 58.9 Å². The minimum Gasteiger partial charge on any atom is -0.354 e. The summed E-state index contributed by atoms with van der Waals surface area (Å²) >= 11 is 1.65. The van der Waals surface area contributed by atoms with Gasteiger partial charge in [0.25, 0.3) is 0 Å². The van der Waals surface area contributed by atoms with E-state index in [0.29, 0.717) is 19.0 Å². The molecule has 0 spiro atoms. The highest BCUT2D eigenvalue weighted by molar-refractivity contribution is 7.91. The van der Waals surface area contributed by atoms with Crippen LogP contribution in [-0.2, 0) is 21.2 Å². The van der Waals surface area contributed by atoms with Gasteiger partial charge in [0.1, 0.15) is 0 Å². The average Bonchev–Trinajstić information content (AvgIpc) is 3.25. The Labute approximate surface area is 174 Å². The molecule has 152 valence electrons. The predicted octanol–water partition coefficient (Wildman–Crippen LogP) is 3.47. The fourth-order valence-corrected chi connectivity index (χ4v) is 5.14. The Morgan fingerprint density at radius 1 is 1.21 bits per heavy atom. The number of sulfone groups is 1. The van der Waals surface area contributed by atoms with Crippen LogP contribution in [0.5, 0.6) is 0 Å². The van der Waals surface area contributed by atoms with Crippen LogP contribution in [-0.4, -0.2) is 36.4 Å². The van der Waals surface area contributed by atoms with Crippen molar-refractivity contribution in [2.24, 2.45) is 0 Å². The summed E-state index contributed by atoms with van der Waals surface area (Å²) in [4.78, 5) is 12.4. The lowest BCUT2D eigenvalue weighted by Gasteiger charge is -2.09. The molecule has 29 heavy (non-hydrogen) atoms.